The maximum atomic E-state index is 14.8. The van der Waals surface area contributed by atoms with Crippen LogP contribution in [0.5, 0.6) is 0 Å². The first-order chi connectivity index (χ1) is 16.2. The predicted octanol–water partition coefficient (Wildman–Crippen LogP) is 5.23. The largest absolute Gasteiger partial charge is 0.373 e. The molecule has 0 radical (unpaired) electrons. The molecule has 34 heavy (non-hydrogen) atoms. The van der Waals surface area contributed by atoms with Crippen molar-refractivity contribution in [3.63, 3.8) is 0 Å². The van der Waals surface area contributed by atoms with Gasteiger partial charge in [0.15, 0.2) is 0 Å². The summed E-state index contributed by atoms with van der Waals surface area (Å²) >= 11 is 0. The van der Waals surface area contributed by atoms with Gasteiger partial charge in [0, 0.05) is 42.7 Å². The molecular weight excluding hydrogens is 431 g/mol. The Labute approximate surface area is 196 Å². The molecular formula is C26H23FN6O. The molecule has 0 saturated heterocycles. The lowest BCUT2D eigenvalue weighted by atomic mass is 9.86. The summed E-state index contributed by atoms with van der Waals surface area (Å²) in [5, 5.41) is 15.8. The molecule has 8 heteroatoms. The maximum Gasteiger partial charge on any atom is 0.274 e. The molecule has 7 nitrogen and oxygen atoms in total. The number of fused-ring (bicyclic) bond motifs is 1. The second-order valence-electron chi connectivity index (χ2n) is 8.50. The zero-order valence-corrected chi connectivity index (χ0v) is 19.3. The molecule has 0 aliphatic heterocycles. The van der Waals surface area contributed by atoms with Gasteiger partial charge in [-0.3, -0.25) is 14.8 Å². The van der Waals surface area contributed by atoms with Crippen molar-refractivity contribution in [2.24, 2.45) is 0 Å². The van der Waals surface area contributed by atoms with E-state index in [-0.39, 0.29) is 11.4 Å². The number of nitriles is 1. The van der Waals surface area contributed by atoms with Crippen LogP contribution >= 0.6 is 0 Å². The van der Waals surface area contributed by atoms with Gasteiger partial charge in [-0.05, 0) is 67.8 Å². The number of carbonyl (C=O) groups excluding carboxylic acids is 1. The highest BCUT2D eigenvalue weighted by molar-refractivity contribution is 6.03. The normalized spacial score (nSPS) is 11.2. The van der Waals surface area contributed by atoms with Crippen molar-refractivity contribution in [3.05, 3.63) is 77.6 Å². The average Bonchev–Trinajstić information content (AvgIpc) is 2.85. The van der Waals surface area contributed by atoms with Gasteiger partial charge in [0.2, 0.25) is 0 Å². The summed E-state index contributed by atoms with van der Waals surface area (Å²) in [6, 6.07) is 12.2. The molecule has 4 aromatic rings. The van der Waals surface area contributed by atoms with Crippen molar-refractivity contribution < 1.29 is 9.18 Å². The standard InChI is InChI=1S/C26H23FN6O/c1-15-7-20(27)22(33-25(34)23-9-18(5-6-30-23)26(2,3)14-28)10-19(15)16-8-17-13-32-24(29-4)11-21(17)31-12-16/h5-13H,1-4H3,(H,29,32)(H,33,34). The molecule has 0 aliphatic carbocycles. The number of aromatic nitrogens is 3. The van der Waals surface area contributed by atoms with E-state index in [4.69, 9.17) is 0 Å². The molecule has 3 heterocycles. The lowest BCUT2D eigenvalue weighted by Gasteiger charge is -2.16. The fourth-order valence-corrected chi connectivity index (χ4v) is 3.58. The third kappa shape index (κ3) is 4.41. The Morgan fingerprint density at radius 2 is 1.88 bits per heavy atom. The topological polar surface area (TPSA) is 104 Å². The van der Waals surface area contributed by atoms with E-state index in [0.717, 1.165) is 22.0 Å². The van der Waals surface area contributed by atoms with Gasteiger partial charge in [-0.1, -0.05) is 0 Å². The fourth-order valence-electron chi connectivity index (χ4n) is 3.58. The maximum absolute atomic E-state index is 14.8. The lowest BCUT2D eigenvalue weighted by molar-refractivity contribution is 0.102. The molecule has 0 fully saturated rings. The summed E-state index contributed by atoms with van der Waals surface area (Å²) in [5.41, 5.74) is 2.98. The van der Waals surface area contributed by atoms with Gasteiger partial charge < -0.3 is 10.6 Å². The van der Waals surface area contributed by atoms with Crippen molar-refractivity contribution in [1.29, 1.82) is 5.26 Å². The Kier molecular flexibility index (Phi) is 5.95. The van der Waals surface area contributed by atoms with Gasteiger partial charge in [0.25, 0.3) is 5.91 Å². The summed E-state index contributed by atoms with van der Waals surface area (Å²) in [4.78, 5) is 25.8. The Morgan fingerprint density at radius 1 is 1.09 bits per heavy atom. The van der Waals surface area contributed by atoms with Gasteiger partial charge in [-0.2, -0.15) is 5.26 Å². The minimum absolute atomic E-state index is 0.0288. The third-order valence-corrected chi connectivity index (χ3v) is 5.69. The predicted molar refractivity (Wildman–Crippen MR) is 130 cm³/mol. The summed E-state index contributed by atoms with van der Waals surface area (Å²) in [6.45, 7) is 5.30. The van der Waals surface area contributed by atoms with Crippen LogP contribution in [-0.2, 0) is 5.41 Å². The van der Waals surface area contributed by atoms with Crippen LogP contribution in [-0.4, -0.2) is 27.9 Å². The van der Waals surface area contributed by atoms with E-state index in [1.54, 1.807) is 58.4 Å². The molecule has 0 aliphatic rings. The highest BCUT2D eigenvalue weighted by Crippen LogP contribution is 2.31. The third-order valence-electron chi connectivity index (χ3n) is 5.69. The molecule has 1 aromatic carbocycles. The Morgan fingerprint density at radius 3 is 2.62 bits per heavy atom. The van der Waals surface area contributed by atoms with Crippen LogP contribution in [0.4, 0.5) is 15.9 Å². The van der Waals surface area contributed by atoms with Crippen LogP contribution in [0, 0.1) is 24.1 Å². The van der Waals surface area contributed by atoms with Gasteiger partial charge in [-0.15, -0.1) is 0 Å². The minimum atomic E-state index is -0.786. The Bertz CT molecular complexity index is 1460. The Balaban J connectivity index is 1.68. The molecule has 4 rings (SSSR count). The number of pyridine rings is 3. The number of hydrogen-bond acceptors (Lipinski definition) is 6. The number of carbonyl (C=O) groups is 1. The monoisotopic (exact) mass is 454 g/mol. The SMILES string of the molecule is CNc1cc2ncc(-c3cc(NC(=O)c4cc(C(C)(C)C#N)ccn4)c(F)cc3C)cc2cn1. The number of amides is 1. The van der Waals surface area contributed by atoms with E-state index in [1.807, 2.05) is 12.1 Å². The molecule has 0 saturated carbocycles. The van der Waals surface area contributed by atoms with E-state index >= 15 is 0 Å². The number of aryl methyl sites for hydroxylation is 1. The first kappa shape index (κ1) is 22.8. The number of rotatable bonds is 5. The van der Waals surface area contributed by atoms with Crippen molar-refractivity contribution in [2.45, 2.75) is 26.2 Å². The van der Waals surface area contributed by atoms with Gasteiger partial charge >= 0.3 is 0 Å². The van der Waals surface area contributed by atoms with E-state index in [9.17, 15) is 14.4 Å². The van der Waals surface area contributed by atoms with Crippen molar-refractivity contribution in [1.82, 2.24) is 15.0 Å². The van der Waals surface area contributed by atoms with E-state index in [2.05, 4.69) is 31.7 Å². The molecule has 0 unspecified atom stereocenters. The van der Waals surface area contributed by atoms with Crippen LogP contribution in [0.3, 0.4) is 0 Å². The number of hydrogen-bond donors (Lipinski definition) is 2. The zero-order chi connectivity index (χ0) is 24.5. The minimum Gasteiger partial charge on any atom is -0.373 e. The molecule has 0 atom stereocenters. The van der Waals surface area contributed by atoms with Crippen LogP contribution < -0.4 is 10.6 Å². The fraction of sp³-hybridized carbons (Fsp3) is 0.192. The molecule has 170 valence electrons. The molecule has 2 N–H and O–H groups in total. The van der Waals surface area contributed by atoms with Crippen LogP contribution in [0.1, 0.15) is 35.5 Å². The number of nitrogens with zero attached hydrogens (tertiary/aromatic N) is 4. The van der Waals surface area contributed by atoms with Crippen LogP contribution in [0.25, 0.3) is 22.0 Å². The summed E-state index contributed by atoms with van der Waals surface area (Å²) in [5.74, 6) is -0.409. The number of anilines is 2. The van der Waals surface area contributed by atoms with Gasteiger partial charge in [0.05, 0.1) is 22.7 Å². The average molecular weight is 455 g/mol. The zero-order valence-electron chi connectivity index (χ0n) is 19.3. The lowest BCUT2D eigenvalue weighted by Crippen LogP contribution is -2.18. The number of nitrogens with one attached hydrogen (secondary N) is 2. The number of halogens is 1. The Hall–Kier alpha value is -4.38. The van der Waals surface area contributed by atoms with Crippen molar-refractivity contribution in [3.8, 4) is 17.2 Å². The number of benzene rings is 1. The second kappa shape index (κ2) is 8.87. The van der Waals surface area contributed by atoms with Crippen LogP contribution in [0.2, 0.25) is 0 Å². The quantitative estimate of drug-likeness (QED) is 0.428. The highest BCUT2D eigenvalue weighted by atomic mass is 19.1. The van der Waals surface area contributed by atoms with Gasteiger partial charge in [0.1, 0.15) is 17.3 Å². The van der Waals surface area contributed by atoms with Gasteiger partial charge in [-0.25, -0.2) is 9.37 Å². The molecule has 0 spiro atoms. The van der Waals surface area contributed by atoms with E-state index in [0.29, 0.717) is 16.9 Å². The smallest absolute Gasteiger partial charge is 0.274 e. The molecule has 1 amide bonds. The molecule has 3 aromatic heterocycles. The first-order valence-corrected chi connectivity index (χ1v) is 10.6. The van der Waals surface area contributed by atoms with Crippen LogP contribution in [0.15, 0.2) is 55.0 Å². The summed E-state index contributed by atoms with van der Waals surface area (Å²) in [7, 11) is 1.79. The van der Waals surface area contributed by atoms with E-state index in [1.165, 1.54) is 12.3 Å². The molecule has 0 bridgehead atoms. The summed E-state index contributed by atoms with van der Waals surface area (Å²) < 4.78 is 14.8. The van der Waals surface area contributed by atoms with Crippen molar-refractivity contribution in [2.75, 3.05) is 17.7 Å². The van der Waals surface area contributed by atoms with E-state index < -0.39 is 17.1 Å². The summed E-state index contributed by atoms with van der Waals surface area (Å²) in [6.07, 6.45) is 4.90. The van der Waals surface area contributed by atoms with Crippen molar-refractivity contribution >= 4 is 28.3 Å². The first-order valence-electron chi connectivity index (χ1n) is 10.6. The highest BCUT2D eigenvalue weighted by Gasteiger charge is 2.22. The second-order valence-corrected chi connectivity index (χ2v) is 8.50.